The van der Waals surface area contributed by atoms with E-state index >= 15 is 0 Å². The first-order valence-corrected chi connectivity index (χ1v) is 6.79. The number of nitrogens with one attached hydrogen (secondary N) is 1. The smallest absolute Gasteiger partial charge is 0.224 e. The van der Waals surface area contributed by atoms with E-state index in [4.69, 9.17) is 4.74 Å². The Morgan fingerprint density at radius 3 is 2.63 bits per heavy atom. The second-order valence-corrected chi connectivity index (χ2v) is 5.05. The second-order valence-electron chi connectivity index (χ2n) is 5.05. The van der Waals surface area contributed by atoms with Crippen LogP contribution in [0, 0.1) is 0 Å². The summed E-state index contributed by atoms with van der Waals surface area (Å²) in [5, 5.41) is 12.7. The van der Waals surface area contributed by atoms with E-state index in [-0.39, 0.29) is 11.9 Å². The van der Waals surface area contributed by atoms with Crippen molar-refractivity contribution in [2.45, 2.75) is 44.2 Å². The van der Waals surface area contributed by atoms with Gasteiger partial charge in [0.1, 0.15) is 5.75 Å². The molecule has 2 atom stereocenters. The highest BCUT2D eigenvalue weighted by Gasteiger charge is 2.24. The largest absolute Gasteiger partial charge is 0.497 e. The molecule has 0 radical (unpaired) electrons. The maximum Gasteiger partial charge on any atom is 0.224 e. The molecule has 1 aromatic carbocycles. The molecule has 4 heteroatoms. The highest BCUT2D eigenvalue weighted by molar-refractivity contribution is 5.79. The molecule has 19 heavy (non-hydrogen) atoms. The van der Waals surface area contributed by atoms with Gasteiger partial charge in [0, 0.05) is 0 Å². The van der Waals surface area contributed by atoms with Crippen LogP contribution in [0.25, 0.3) is 0 Å². The number of amides is 1. The van der Waals surface area contributed by atoms with Gasteiger partial charge in [0.25, 0.3) is 0 Å². The topological polar surface area (TPSA) is 58.6 Å². The summed E-state index contributed by atoms with van der Waals surface area (Å²) in [6.07, 6.45) is 3.72. The van der Waals surface area contributed by atoms with E-state index in [0.717, 1.165) is 37.0 Å². The normalized spacial score (nSPS) is 22.8. The number of methoxy groups -OCH3 is 1. The predicted octanol–water partition coefficient (Wildman–Crippen LogP) is 1.66. The van der Waals surface area contributed by atoms with Gasteiger partial charge in [0.2, 0.25) is 5.91 Å². The Kier molecular flexibility index (Phi) is 4.80. The molecule has 0 spiro atoms. The van der Waals surface area contributed by atoms with Crippen molar-refractivity contribution in [3.05, 3.63) is 29.8 Å². The van der Waals surface area contributed by atoms with Gasteiger partial charge in [0.05, 0.1) is 25.7 Å². The number of aliphatic hydroxyl groups excluding tert-OH is 1. The molecule has 0 aromatic heterocycles. The summed E-state index contributed by atoms with van der Waals surface area (Å²) in [7, 11) is 1.62. The average molecular weight is 263 g/mol. The van der Waals surface area contributed by atoms with Crippen LogP contribution in [-0.2, 0) is 11.2 Å². The minimum Gasteiger partial charge on any atom is -0.497 e. The minimum atomic E-state index is -0.395. The molecule has 1 amide bonds. The van der Waals surface area contributed by atoms with E-state index in [0.29, 0.717) is 6.42 Å². The molecule has 104 valence electrons. The molecular formula is C15H21NO3. The number of hydrogen-bond donors (Lipinski definition) is 2. The van der Waals surface area contributed by atoms with Crippen LogP contribution < -0.4 is 10.1 Å². The van der Waals surface area contributed by atoms with E-state index in [1.807, 2.05) is 24.3 Å². The lowest BCUT2D eigenvalue weighted by Gasteiger charge is -2.28. The molecule has 4 nitrogen and oxygen atoms in total. The number of benzene rings is 1. The van der Waals surface area contributed by atoms with Crippen LogP contribution in [0.2, 0.25) is 0 Å². The third-order valence-corrected chi connectivity index (χ3v) is 3.60. The summed E-state index contributed by atoms with van der Waals surface area (Å²) in [5.74, 6) is 0.753. The van der Waals surface area contributed by atoms with Crippen molar-refractivity contribution < 1.29 is 14.6 Å². The van der Waals surface area contributed by atoms with Gasteiger partial charge in [0.15, 0.2) is 0 Å². The molecule has 1 aromatic rings. The molecule has 0 unspecified atom stereocenters. The molecule has 0 aliphatic heterocycles. The fourth-order valence-corrected chi connectivity index (χ4v) is 2.47. The van der Waals surface area contributed by atoms with Gasteiger partial charge in [-0.05, 0) is 30.5 Å². The SMILES string of the molecule is COc1ccc(CC(=O)N[C@H]2CCCC[C@@H]2O)cc1. The van der Waals surface area contributed by atoms with E-state index in [9.17, 15) is 9.90 Å². The van der Waals surface area contributed by atoms with Gasteiger partial charge >= 0.3 is 0 Å². The molecule has 1 saturated carbocycles. The summed E-state index contributed by atoms with van der Waals surface area (Å²) in [6.45, 7) is 0. The van der Waals surface area contributed by atoms with Crippen LogP contribution in [0.15, 0.2) is 24.3 Å². The quantitative estimate of drug-likeness (QED) is 0.868. The third kappa shape index (κ3) is 3.96. The molecule has 2 rings (SSSR count). The van der Waals surface area contributed by atoms with Gasteiger partial charge in [-0.3, -0.25) is 4.79 Å². The van der Waals surface area contributed by atoms with Crippen LogP contribution >= 0.6 is 0 Å². The van der Waals surface area contributed by atoms with Crippen LogP contribution in [0.1, 0.15) is 31.2 Å². The number of hydrogen-bond acceptors (Lipinski definition) is 3. The fraction of sp³-hybridized carbons (Fsp3) is 0.533. The summed E-state index contributed by atoms with van der Waals surface area (Å²) in [4.78, 5) is 11.9. The number of rotatable bonds is 4. The molecule has 0 heterocycles. The van der Waals surface area contributed by atoms with E-state index in [1.54, 1.807) is 7.11 Å². The van der Waals surface area contributed by atoms with Crippen LogP contribution in [-0.4, -0.2) is 30.3 Å². The minimum absolute atomic E-state index is 0.0314. The van der Waals surface area contributed by atoms with E-state index in [1.165, 1.54) is 0 Å². The lowest BCUT2D eigenvalue weighted by atomic mass is 9.92. The Bertz CT molecular complexity index is 416. The third-order valence-electron chi connectivity index (χ3n) is 3.60. The number of carbonyl (C=O) groups is 1. The van der Waals surface area contributed by atoms with Crippen molar-refractivity contribution in [1.82, 2.24) is 5.32 Å². The van der Waals surface area contributed by atoms with E-state index in [2.05, 4.69) is 5.32 Å². The Labute approximate surface area is 113 Å². The molecule has 2 N–H and O–H groups in total. The van der Waals surface area contributed by atoms with Crippen molar-refractivity contribution in [2.75, 3.05) is 7.11 Å². The fourth-order valence-electron chi connectivity index (χ4n) is 2.47. The maximum absolute atomic E-state index is 11.9. The average Bonchev–Trinajstić information content (AvgIpc) is 2.42. The molecule has 1 aliphatic rings. The molecule has 0 bridgehead atoms. The van der Waals surface area contributed by atoms with Crippen LogP contribution in [0.3, 0.4) is 0 Å². The zero-order valence-electron chi connectivity index (χ0n) is 11.3. The second kappa shape index (κ2) is 6.57. The molecule has 1 fully saturated rings. The zero-order valence-corrected chi connectivity index (χ0v) is 11.3. The van der Waals surface area contributed by atoms with Crippen LogP contribution in [0.5, 0.6) is 5.75 Å². The summed E-state index contributed by atoms with van der Waals surface area (Å²) < 4.78 is 5.08. The van der Waals surface area contributed by atoms with E-state index < -0.39 is 6.10 Å². The van der Waals surface area contributed by atoms with Crippen molar-refractivity contribution in [2.24, 2.45) is 0 Å². The summed E-state index contributed by atoms with van der Waals surface area (Å²) >= 11 is 0. The first kappa shape index (κ1) is 13.9. The maximum atomic E-state index is 11.9. The van der Waals surface area contributed by atoms with Gasteiger partial charge < -0.3 is 15.2 Å². The van der Waals surface area contributed by atoms with Crippen molar-refractivity contribution in [3.63, 3.8) is 0 Å². The Hall–Kier alpha value is -1.55. The number of aliphatic hydroxyl groups is 1. The highest BCUT2D eigenvalue weighted by atomic mass is 16.5. The first-order valence-electron chi connectivity index (χ1n) is 6.79. The highest BCUT2D eigenvalue weighted by Crippen LogP contribution is 2.18. The predicted molar refractivity (Wildman–Crippen MR) is 73.1 cm³/mol. The van der Waals surface area contributed by atoms with Crippen molar-refractivity contribution in [3.8, 4) is 5.75 Å². The van der Waals surface area contributed by atoms with Crippen molar-refractivity contribution >= 4 is 5.91 Å². The van der Waals surface area contributed by atoms with Gasteiger partial charge in [-0.15, -0.1) is 0 Å². The number of carbonyl (C=O) groups excluding carboxylic acids is 1. The Morgan fingerprint density at radius 2 is 2.00 bits per heavy atom. The summed E-state index contributed by atoms with van der Waals surface area (Å²) in [6, 6.07) is 7.38. The molecule has 1 aliphatic carbocycles. The zero-order chi connectivity index (χ0) is 13.7. The standard InChI is InChI=1S/C15H21NO3/c1-19-12-8-6-11(7-9-12)10-15(18)16-13-4-2-3-5-14(13)17/h6-9,13-14,17H,2-5,10H2,1H3,(H,16,18)/t13-,14-/m0/s1. The first-order chi connectivity index (χ1) is 9.19. The lowest BCUT2D eigenvalue weighted by Crippen LogP contribution is -2.45. The summed E-state index contributed by atoms with van der Waals surface area (Å²) in [5.41, 5.74) is 0.948. The molecular weight excluding hydrogens is 242 g/mol. The Balaban J connectivity index is 1.86. The lowest BCUT2D eigenvalue weighted by molar-refractivity contribution is -0.122. The Morgan fingerprint density at radius 1 is 1.32 bits per heavy atom. The van der Waals surface area contributed by atoms with Crippen molar-refractivity contribution in [1.29, 1.82) is 0 Å². The molecule has 0 saturated heterocycles. The van der Waals surface area contributed by atoms with Gasteiger partial charge in [-0.1, -0.05) is 25.0 Å². The monoisotopic (exact) mass is 263 g/mol. The van der Waals surface area contributed by atoms with Gasteiger partial charge in [-0.2, -0.15) is 0 Å². The van der Waals surface area contributed by atoms with Crippen LogP contribution in [0.4, 0.5) is 0 Å². The van der Waals surface area contributed by atoms with Gasteiger partial charge in [-0.25, -0.2) is 0 Å². The number of ether oxygens (including phenoxy) is 1.